The monoisotopic (exact) mass is 345 g/mol. The molecule has 1 saturated heterocycles. The van der Waals surface area contributed by atoms with Crippen molar-refractivity contribution in [2.45, 2.75) is 39.4 Å². The van der Waals surface area contributed by atoms with E-state index in [-0.39, 0.29) is 23.8 Å². The summed E-state index contributed by atoms with van der Waals surface area (Å²) in [5.74, 6) is 0.230. The number of carbonyl (C=O) groups is 1. The van der Waals surface area contributed by atoms with Crippen molar-refractivity contribution in [3.05, 3.63) is 23.9 Å². The van der Waals surface area contributed by atoms with Crippen LogP contribution in [0, 0.1) is 5.41 Å². The van der Waals surface area contributed by atoms with Crippen molar-refractivity contribution in [1.29, 1.82) is 0 Å². The number of pyridine rings is 1. The van der Waals surface area contributed by atoms with E-state index in [2.05, 4.69) is 4.98 Å². The van der Waals surface area contributed by atoms with E-state index in [1.54, 1.807) is 4.90 Å². The Morgan fingerprint density at radius 1 is 1.33 bits per heavy atom. The van der Waals surface area contributed by atoms with Crippen LogP contribution in [0.5, 0.6) is 0 Å². The SMILES string of the molecule is CC(C)(C)CC1CN(c2cc(C(F)(F)F)ccn2)CCN1C(=O)O. The molecule has 8 heteroatoms. The third-order valence-electron chi connectivity index (χ3n) is 3.97. The van der Waals surface area contributed by atoms with E-state index in [9.17, 15) is 23.1 Å². The van der Waals surface area contributed by atoms with Gasteiger partial charge in [0.1, 0.15) is 5.82 Å². The Morgan fingerprint density at radius 2 is 2.00 bits per heavy atom. The van der Waals surface area contributed by atoms with Crippen molar-refractivity contribution < 1.29 is 23.1 Å². The molecule has 2 rings (SSSR count). The van der Waals surface area contributed by atoms with Crippen molar-refractivity contribution >= 4 is 11.9 Å². The van der Waals surface area contributed by atoms with E-state index in [1.165, 1.54) is 4.90 Å². The van der Waals surface area contributed by atoms with E-state index in [1.807, 2.05) is 20.8 Å². The van der Waals surface area contributed by atoms with Crippen LogP contribution in [0.25, 0.3) is 0 Å². The van der Waals surface area contributed by atoms with E-state index in [0.717, 1.165) is 18.3 Å². The summed E-state index contributed by atoms with van der Waals surface area (Å²) in [5.41, 5.74) is -0.844. The normalized spacial score (nSPS) is 19.5. The van der Waals surface area contributed by atoms with Gasteiger partial charge in [0.15, 0.2) is 0 Å². The number of nitrogens with zero attached hydrogens (tertiary/aromatic N) is 3. The molecule has 0 bridgehead atoms. The average molecular weight is 345 g/mol. The Bertz CT molecular complexity index is 599. The third-order valence-corrected chi connectivity index (χ3v) is 3.97. The molecule has 1 aromatic heterocycles. The Morgan fingerprint density at radius 3 is 2.54 bits per heavy atom. The first-order valence-electron chi connectivity index (χ1n) is 7.75. The highest BCUT2D eigenvalue weighted by Crippen LogP contribution is 2.32. The van der Waals surface area contributed by atoms with Crippen molar-refractivity contribution in [3.8, 4) is 0 Å². The lowest BCUT2D eigenvalue weighted by atomic mass is 9.86. The lowest BCUT2D eigenvalue weighted by Gasteiger charge is -2.42. The van der Waals surface area contributed by atoms with Crippen LogP contribution in [-0.4, -0.2) is 46.8 Å². The molecule has 0 aliphatic carbocycles. The Balaban J connectivity index is 2.22. The predicted molar refractivity (Wildman–Crippen MR) is 84.0 cm³/mol. The second-order valence-corrected chi connectivity index (χ2v) is 7.24. The van der Waals surface area contributed by atoms with E-state index in [0.29, 0.717) is 19.5 Å². The van der Waals surface area contributed by atoms with Crippen LogP contribution in [-0.2, 0) is 6.18 Å². The summed E-state index contributed by atoms with van der Waals surface area (Å²) in [5, 5.41) is 9.36. The first-order chi connectivity index (χ1) is 11.0. The van der Waals surface area contributed by atoms with Gasteiger partial charge in [-0.3, -0.25) is 0 Å². The smallest absolute Gasteiger partial charge is 0.416 e. The summed E-state index contributed by atoms with van der Waals surface area (Å²) >= 11 is 0. The average Bonchev–Trinajstić information content (AvgIpc) is 2.44. The summed E-state index contributed by atoms with van der Waals surface area (Å²) in [6.07, 6.45) is -3.67. The minimum absolute atomic E-state index is 0.0946. The molecule has 1 amide bonds. The molecule has 1 aromatic rings. The van der Waals surface area contributed by atoms with Crippen LogP contribution in [0.2, 0.25) is 0 Å². The fraction of sp³-hybridized carbons (Fsp3) is 0.625. The molecule has 1 atom stereocenters. The van der Waals surface area contributed by atoms with Gasteiger partial charge in [-0.15, -0.1) is 0 Å². The number of alkyl halides is 3. The van der Waals surface area contributed by atoms with Crippen LogP contribution in [0.3, 0.4) is 0 Å². The highest BCUT2D eigenvalue weighted by Gasteiger charge is 2.35. The maximum atomic E-state index is 12.9. The van der Waals surface area contributed by atoms with Crippen LogP contribution in [0.15, 0.2) is 18.3 Å². The summed E-state index contributed by atoms with van der Waals surface area (Å²) < 4.78 is 38.6. The minimum Gasteiger partial charge on any atom is -0.465 e. The number of halogens is 3. The molecule has 1 aliphatic heterocycles. The summed E-state index contributed by atoms with van der Waals surface area (Å²) in [4.78, 5) is 18.6. The number of anilines is 1. The van der Waals surface area contributed by atoms with Crippen molar-refractivity contribution in [1.82, 2.24) is 9.88 Å². The lowest BCUT2D eigenvalue weighted by Crippen LogP contribution is -2.56. The maximum Gasteiger partial charge on any atom is 0.416 e. The molecule has 0 aromatic carbocycles. The van der Waals surface area contributed by atoms with Crippen LogP contribution >= 0.6 is 0 Å². The second kappa shape index (κ2) is 6.49. The van der Waals surface area contributed by atoms with Gasteiger partial charge in [-0.2, -0.15) is 13.2 Å². The number of hydrogen-bond acceptors (Lipinski definition) is 3. The van der Waals surface area contributed by atoms with Gasteiger partial charge in [0.2, 0.25) is 0 Å². The number of amides is 1. The Kier molecular flexibility index (Phi) is 4.96. The quantitative estimate of drug-likeness (QED) is 0.888. The molecule has 1 aliphatic rings. The van der Waals surface area contributed by atoms with Gasteiger partial charge in [0, 0.05) is 25.8 Å². The van der Waals surface area contributed by atoms with E-state index >= 15 is 0 Å². The van der Waals surface area contributed by atoms with E-state index < -0.39 is 17.8 Å². The summed E-state index contributed by atoms with van der Waals surface area (Å²) in [7, 11) is 0. The van der Waals surface area contributed by atoms with Gasteiger partial charge in [-0.05, 0) is 24.0 Å². The summed E-state index contributed by atoms with van der Waals surface area (Å²) in [6.45, 7) is 6.92. The number of hydrogen-bond donors (Lipinski definition) is 1. The molecule has 5 nitrogen and oxygen atoms in total. The Hall–Kier alpha value is -1.99. The predicted octanol–water partition coefficient (Wildman–Crippen LogP) is 3.71. The standard InChI is InChI=1S/C16H22F3N3O2/c1-15(2,3)9-12-10-21(6-7-22(12)14(23)24)13-8-11(4-5-20-13)16(17,18)19/h4-5,8,12H,6-7,9-10H2,1-3H3,(H,23,24). The fourth-order valence-electron chi connectivity index (χ4n) is 2.96. The molecule has 0 saturated carbocycles. The van der Waals surface area contributed by atoms with Crippen LogP contribution in [0.1, 0.15) is 32.8 Å². The molecule has 1 unspecified atom stereocenters. The van der Waals surface area contributed by atoms with Crippen LogP contribution in [0.4, 0.5) is 23.8 Å². The number of rotatable bonds is 2. The zero-order chi connectivity index (χ0) is 18.1. The van der Waals surface area contributed by atoms with Crippen molar-refractivity contribution in [3.63, 3.8) is 0 Å². The maximum absolute atomic E-state index is 12.9. The molecule has 2 heterocycles. The van der Waals surface area contributed by atoms with Crippen LogP contribution < -0.4 is 4.90 Å². The molecule has 1 fully saturated rings. The zero-order valence-corrected chi connectivity index (χ0v) is 14.0. The highest BCUT2D eigenvalue weighted by molar-refractivity contribution is 5.66. The van der Waals surface area contributed by atoms with Gasteiger partial charge < -0.3 is 14.9 Å². The topological polar surface area (TPSA) is 56.7 Å². The van der Waals surface area contributed by atoms with Gasteiger partial charge in [-0.1, -0.05) is 20.8 Å². The number of carboxylic acid groups (broad SMARTS) is 1. The molecule has 0 radical (unpaired) electrons. The molecule has 0 spiro atoms. The Labute approximate surface area is 139 Å². The first-order valence-corrected chi connectivity index (χ1v) is 7.75. The molecular weight excluding hydrogens is 323 g/mol. The largest absolute Gasteiger partial charge is 0.465 e. The van der Waals surface area contributed by atoms with Gasteiger partial charge >= 0.3 is 12.3 Å². The minimum atomic E-state index is -4.43. The summed E-state index contributed by atoms with van der Waals surface area (Å²) in [6, 6.07) is 1.67. The highest BCUT2D eigenvalue weighted by atomic mass is 19.4. The first kappa shape index (κ1) is 18.4. The van der Waals surface area contributed by atoms with Gasteiger partial charge in [0.05, 0.1) is 11.6 Å². The van der Waals surface area contributed by atoms with Gasteiger partial charge in [0.25, 0.3) is 0 Å². The molecular formula is C16H22F3N3O2. The number of piperazine rings is 1. The lowest BCUT2D eigenvalue weighted by molar-refractivity contribution is -0.137. The second-order valence-electron chi connectivity index (χ2n) is 7.24. The fourth-order valence-corrected chi connectivity index (χ4v) is 2.96. The molecule has 134 valence electrons. The zero-order valence-electron chi connectivity index (χ0n) is 14.0. The van der Waals surface area contributed by atoms with E-state index in [4.69, 9.17) is 0 Å². The third kappa shape index (κ3) is 4.52. The molecule has 1 N–H and O–H groups in total. The van der Waals surface area contributed by atoms with Crippen molar-refractivity contribution in [2.24, 2.45) is 5.41 Å². The van der Waals surface area contributed by atoms with Crippen molar-refractivity contribution in [2.75, 3.05) is 24.5 Å². The number of aromatic nitrogens is 1. The van der Waals surface area contributed by atoms with Gasteiger partial charge in [-0.25, -0.2) is 9.78 Å². The molecule has 24 heavy (non-hydrogen) atoms.